The van der Waals surface area contributed by atoms with Gasteiger partial charge in [0.1, 0.15) is 0 Å². The molecule has 4 heteroatoms. The lowest BCUT2D eigenvalue weighted by atomic mass is 10.1. The van der Waals surface area contributed by atoms with E-state index in [1.165, 1.54) is 6.07 Å². The van der Waals surface area contributed by atoms with E-state index in [0.29, 0.717) is 12.2 Å². The van der Waals surface area contributed by atoms with Gasteiger partial charge in [-0.2, -0.15) is 13.2 Å². The molecule has 0 aliphatic heterocycles. The molecule has 0 saturated carbocycles. The van der Waals surface area contributed by atoms with Crippen LogP contribution in [0.25, 0.3) is 0 Å². The van der Waals surface area contributed by atoms with E-state index in [2.05, 4.69) is 0 Å². The number of halogens is 3. The largest absolute Gasteiger partial charge is 0.416 e. The summed E-state index contributed by atoms with van der Waals surface area (Å²) in [7, 11) is 0. The third-order valence-electron chi connectivity index (χ3n) is 2.63. The van der Waals surface area contributed by atoms with Crippen LogP contribution in [0.15, 0.2) is 54.6 Å². The topological polar surface area (TPSA) is 9.23 Å². The maximum absolute atomic E-state index is 12.5. The number of benzene rings is 2. The highest BCUT2D eigenvalue weighted by Crippen LogP contribution is 2.29. The molecular weight excluding hydrogens is 253 g/mol. The predicted octanol–water partition coefficient (Wildman–Crippen LogP) is 4.42. The fourth-order valence-electron chi connectivity index (χ4n) is 1.70. The first-order valence-electron chi connectivity index (χ1n) is 5.83. The van der Waals surface area contributed by atoms with Gasteiger partial charge in [-0.3, -0.25) is 0 Å². The average Bonchev–Trinajstić information content (AvgIpc) is 2.39. The summed E-state index contributed by atoms with van der Waals surface area (Å²) < 4.78 is 42.9. The number of hydrogen-bond donors (Lipinski definition) is 0. The van der Waals surface area contributed by atoms with Crippen LogP contribution in [-0.4, -0.2) is 0 Å². The van der Waals surface area contributed by atoms with Crippen molar-refractivity contribution in [3.05, 3.63) is 71.3 Å². The smallest absolute Gasteiger partial charge is 0.372 e. The van der Waals surface area contributed by atoms with Crippen LogP contribution in [-0.2, 0) is 24.1 Å². The maximum Gasteiger partial charge on any atom is 0.416 e. The Morgan fingerprint density at radius 3 is 2.11 bits per heavy atom. The average molecular weight is 266 g/mol. The summed E-state index contributed by atoms with van der Waals surface area (Å²) in [5.74, 6) is 0. The molecule has 2 rings (SSSR count). The summed E-state index contributed by atoms with van der Waals surface area (Å²) >= 11 is 0. The van der Waals surface area contributed by atoms with Crippen molar-refractivity contribution in [1.29, 1.82) is 0 Å². The lowest BCUT2D eigenvalue weighted by Gasteiger charge is -2.09. The Kier molecular flexibility index (Phi) is 4.22. The highest BCUT2D eigenvalue weighted by Gasteiger charge is 2.30. The number of hydrogen-bond acceptors (Lipinski definition) is 1. The Morgan fingerprint density at radius 2 is 1.42 bits per heavy atom. The summed E-state index contributed by atoms with van der Waals surface area (Å²) in [6.07, 6.45) is -4.31. The van der Waals surface area contributed by atoms with Gasteiger partial charge in [-0.1, -0.05) is 42.5 Å². The number of ether oxygens (including phenoxy) is 1. The number of alkyl halides is 3. The van der Waals surface area contributed by atoms with E-state index in [4.69, 9.17) is 4.74 Å². The second kappa shape index (κ2) is 5.89. The Labute approximate surface area is 109 Å². The lowest BCUT2D eigenvalue weighted by molar-refractivity contribution is -0.137. The quantitative estimate of drug-likeness (QED) is 0.795. The molecule has 0 radical (unpaired) electrons. The fraction of sp³-hybridized carbons (Fsp3) is 0.200. The van der Waals surface area contributed by atoms with E-state index in [-0.39, 0.29) is 6.61 Å². The molecule has 1 nitrogen and oxygen atoms in total. The van der Waals surface area contributed by atoms with E-state index in [9.17, 15) is 13.2 Å². The van der Waals surface area contributed by atoms with Crippen molar-refractivity contribution < 1.29 is 17.9 Å². The van der Waals surface area contributed by atoms with Crippen molar-refractivity contribution in [3.63, 3.8) is 0 Å². The van der Waals surface area contributed by atoms with E-state index in [1.807, 2.05) is 30.3 Å². The molecule has 0 atom stereocenters. The molecular formula is C15H13F3O. The zero-order chi connectivity index (χ0) is 13.7. The molecule has 0 saturated heterocycles. The SMILES string of the molecule is FC(F)(F)c1cccc(COCc2ccccc2)c1. The van der Waals surface area contributed by atoms with E-state index < -0.39 is 11.7 Å². The van der Waals surface area contributed by atoms with Gasteiger partial charge in [-0.25, -0.2) is 0 Å². The molecule has 2 aromatic rings. The van der Waals surface area contributed by atoms with Gasteiger partial charge in [-0.15, -0.1) is 0 Å². The molecule has 0 aromatic heterocycles. The van der Waals surface area contributed by atoms with Gasteiger partial charge < -0.3 is 4.74 Å². The van der Waals surface area contributed by atoms with Crippen molar-refractivity contribution in [2.24, 2.45) is 0 Å². The predicted molar refractivity (Wildman–Crippen MR) is 66.4 cm³/mol. The lowest BCUT2D eigenvalue weighted by Crippen LogP contribution is -2.05. The van der Waals surface area contributed by atoms with Crippen molar-refractivity contribution >= 4 is 0 Å². The summed E-state index contributed by atoms with van der Waals surface area (Å²) in [4.78, 5) is 0. The fourth-order valence-corrected chi connectivity index (χ4v) is 1.70. The Bertz CT molecular complexity index is 520. The van der Waals surface area contributed by atoms with Gasteiger partial charge in [0.2, 0.25) is 0 Å². The minimum atomic E-state index is -4.31. The molecule has 0 heterocycles. The normalized spacial score (nSPS) is 11.5. The number of rotatable bonds is 4. The summed E-state index contributed by atoms with van der Waals surface area (Å²) in [5.41, 5.74) is 0.869. The maximum atomic E-state index is 12.5. The van der Waals surface area contributed by atoms with Crippen LogP contribution in [0.2, 0.25) is 0 Å². The first-order valence-corrected chi connectivity index (χ1v) is 5.83. The molecule has 0 spiro atoms. The Balaban J connectivity index is 1.93. The molecule has 2 aromatic carbocycles. The molecule has 100 valence electrons. The molecule has 0 aliphatic carbocycles. The van der Waals surface area contributed by atoms with Gasteiger partial charge in [-0.05, 0) is 23.3 Å². The molecule has 0 aliphatic rings. The van der Waals surface area contributed by atoms with Crippen LogP contribution in [0, 0.1) is 0 Å². The van der Waals surface area contributed by atoms with Crippen LogP contribution < -0.4 is 0 Å². The highest BCUT2D eigenvalue weighted by molar-refractivity contribution is 5.25. The molecule has 19 heavy (non-hydrogen) atoms. The Hall–Kier alpha value is -1.81. The van der Waals surface area contributed by atoms with E-state index in [0.717, 1.165) is 17.7 Å². The van der Waals surface area contributed by atoms with Gasteiger partial charge in [0.05, 0.1) is 18.8 Å². The molecule has 0 amide bonds. The van der Waals surface area contributed by atoms with Crippen LogP contribution in [0.4, 0.5) is 13.2 Å². The van der Waals surface area contributed by atoms with Gasteiger partial charge in [0.15, 0.2) is 0 Å². The zero-order valence-electron chi connectivity index (χ0n) is 10.2. The summed E-state index contributed by atoms with van der Waals surface area (Å²) in [5, 5.41) is 0. The molecule has 0 unspecified atom stereocenters. The first kappa shape index (κ1) is 13.6. The first-order chi connectivity index (χ1) is 9.05. The highest BCUT2D eigenvalue weighted by atomic mass is 19.4. The van der Waals surface area contributed by atoms with Crippen LogP contribution in [0.3, 0.4) is 0 Å². The van der Waals surface area contributed by atoms with Crippen molar-refractivity contribution in [2.45, 2.75) is 19.4 Å². The zero-order valence-corrected chi connectivity index (χ0v) is 10.2. The van der Waals surface area contributed by atoms with E-state index >= 15 is 0 Å². The minimum Gasteiger partial charge on any atom is -0.372 e. The van der Waals surface area contributed by atoms with Gasteiger partial charge in [0.25, 0.3) is 0 Å². The monoisotopic (exact) mass is 266 g/mol. The third kappa shape index (κ3) is 4.10. The van der Waals surface area contributed by atoms with Gasteiger partial charge >= 0.3 is 6.18 Å². The minimum absolute atomic E-state index is 0.165. The molecule has 0 bridgehead atoms. The van der Waals surface area contributed by atoms with Crippen molar-refractivity contribution in [1.82, 2.24) is 0 Å². The summed E-state index contributed by atoms with van der Waals surface area (Å²) in [6.45, 7) is 0.551. The van der Waals surface area contributed by atoms with Crippen LogP contribution in [0.1, 0.15) is 16.7 Å². The third-order valence-corrected chi connectivity index (χ3v) is 2.63. The summed E-state index contributed by atoms with van der Waals surface area (Å²) in [6, 6.07) is 14.7. The Morgan fingerprint density at radius 1 is 0.789 bits per heavy atom. The molecule has 0 fully saturated rings. The van der Waals surface area contributed by atoms with Crippen molar-refractivity contribution in [3.8, 4) is 0 Å². The van der Waals surface area contributed by atoms with Gasteiger partial charge in [0, 0.05) is 0 Å². The second-order valence-corrected chi connectivity index (χ2v) is 4.18. The van der Waals surface area contributed by atoms with Crippen LogP contribution >= 0.6 is 0 Å². The standard InChI is InChI=1S/C15H13F3O/c16-15(17,18)14-8-4-7-13(9-14)11-19-10-12-5-2-1-3-6-12/h1-9H,10-11H2. The van der Waals surface area contributed by atoms with Crippen molar-refractivity contribution in [2.75, 3.05) is 0 Å². The van der Waals surface area contributed by atoms with E-state index in [1.54, 1.807) is 6.07 Å². The van der Waals surface area contributed by atoms with Crippen LogP contribution in [0.5, 0.6) is 0 Å². The molecule has 0 N–H and O–H groups in total. The second-order valence-electron chi connectivity index (χ2n) is 4.18.